The summed E-state index contributed by atoms with van der Waals surface area (Å²) >= 11 is 6.51. The second-order valence-corrected chi connectivity index (χ2v) is 9.21. The van der Waals surface area contributed by atoms with Crippen LogP contribution in [-0.2, 0) is 6.54 Å². The molecular weight excluding hydrogens is 410 g/mol. The third-order valence-electron chi connectivity index (χ3n) is 5.95. The molecule has 1 fully saturated rings. The average molecular weight is 440 g/mol. The highest BCUT2D eigenvalue weighted by Gasteiger charge is 2.23. The van der Waals surface area contributed by atoms with Gasteiger partial charge in [-0.15, -0.1) is 0 Å². The molecule has 1 saturated heterocycles. The van der Waals surface area contributed by atoms with Gasteiger partial charge in [0.25, 0.3) is 5.91 Å². The molecule has 1 amide bonds. The van der Waals surface area contributed by atoms with Gasteiger partial charge in [-0.3, -0.25) is 9.78 Å². The molecule has 1 aliphatic rings. The molecule has 4 heterocycles. The summed E-state index contributed by atoms with van der Waals surface area (Å²) in [4.78, 5) is 22.0. The number of aromatic nitrogens is 3. The minimum absolute atomic E-state index is 0.115. The van der Waals surface area contributed by atoms with E-state index < -0.39 is 0 Å². The summed E-state index contributed by atoms with van der Waals surface area (Å²) in [6.45, 7) is 6.76. The monoisotopic (exact) mass is 439 g/mol. The molecule has 0 aliphatic carbocycles. The van der Waals surface area contributed by atoms with Crippen LogP contribution < -0.4 is 10.6 Å². The average Bonchev–Trinajstić information content (AvgIpc) is 3.40. The predicted octanol–water partition coefficient (Wildman–Crippen LogP) is 4.40. The van der Waals surface area contributed by atoms with Crippen LogP contribution in [0.15, 0.2) is 43.0 Å². The zero-order valence-corrected chi connectivity index (χ0v) is 18.9. The van der Waals surface area contributed by atoms with Crippen molar-refractivity contribution in [2.75, 3.05) is 13.1 Å². The lowest BCUT2D eigenvalue weighted by Crippen LogP contribution is -2.29. The van der Waals surface area contributed by atoms with E-state index in [0.717, 1.165) is 42.5 Å². The van der Waals surface area contributed by atoms with Crippen LogP contribution in [0.5, 0.6) is 0 Å². The fourth-order valence-electron chi connectivity index (χ4n) is 4.47. The summed E-state index contributed by atoms with van der Waals surface area (Å²) in [5, 5.41) is 7.94. The normalized spacial score (nSPS) is 17.4. The molecule has 3 aromatic heterocycles. The van der Waals surface area contributed by atoms with Crippen LogP contribution in [0.2, 0.25) is 5.02 Å². The summed E-state index contributed by atoms with van der Waals surface area (Å²) in [5.41, 5.74) is 2.49. The van der Waals surface area contributed by atoms with E-state index >= 15 is 0 Å². The largest absolute Gasteiger partial charge is 0.351 e. The van der Waals surface area contributed by atoms with Gasteiger partial charge in [0.15, 0.2) is 0 Å². The molecule has 0 bridgehead atoms. The summed E-state index contributed by atoms with van der Waals surface area (Å²) < 4.78 is 2.06. The molecule has 0 saturated carbocycles. The van der Waals surface area contributed by atoms with Crippen molar-refractivity contribution in [3.63, 3.8) is 0 Å². The number of hydrogen-bond acceptors (Lipinski definition) is 4. The first-order valence-electron chi connectivity index (χ1n) is 11.1. The van der Waals surface area contributed by atoms with Crippen LogP contribution in [0, 0.1) is 5.92 Å². The SMILES string of the molecule is CC(C)CC(CNC(=O)c1cn(CC2CCCN2)c2nccc(Cl)c12)c1cccnc1. The molecule has 1 aliphatic heterocycles. The molecule has 0 spiro atoms. The van der Waals surface area contributed by atoms with Crippen molar-refractivity contribution in [1.82, 2.24) is 25.2 Å². The molecule has 2 atom stereocenters. The lowest BCUT2D eigenvalue weighted by molar-refractivity contribution is 0.0951. The van der Waals surface area contributed by atoms with Gasteiger partial charge in [0.2, 0.25) is 0 Å². The Morgan fingerprint density at radius 1 is 1.35 bits per heavy atom. The zero-order chi connectivity index (χ0) is 21.8. The van der Waals surface area contributed by atoms with Crippen molar-refractivity contribution in [1.29, 1.82) is 0 Å². The molecule has 2 N–H and O–H groups in total. The molecule has 4 rings (SSSR count). The van der Waals surface area contributed by atoms with Gasteiger partial charge in [-0.25, -0.2) is 4.98 Å². The van der Waals surface area contributed by atoms with E-state index in [9.17, 15) is 4.79 Å². The number of pyridine rings is 2. The van der Waals surface area contributed by atoms with E-state index in [-0.39, 0.29) is 11.8 Å². The van der Waals surface area contributed by atoms with Crippen molar-refractivity contribution in [2.45, 2.75) is 51.6 Å². The lowest BCUT2D eigenvalue weighted by Gasteiger charge is -2.19. The fourth-order valence-corrected chi connectivity index (χ4v) is 4.72. The number of carbonyl (C=O) groups excluding carboxylic acids is 1. The molecule has 6 nitrogen and oxygen atoms in total. The van der Waals surface area contributed by atoms with Crippen molar-refractivity contribution >= 4 is 28.5 Å². The highest BCUT2D eigenvalue weighted by molar-refractivity contribution is 6.36. The smallest absolute Gasteiger partial charge is 0.253 e. The van der Waals surface area contributed by atoms with Gasteiger partial charge in [-0.2, -0.15) is 0 Å². The standard InChI is InChI=1S/C24H30ClN5O/c1-16(2)11-18(17-5-3-8-26-12-17)13-29-24(31)20-15-30(14-19-6-4-9-27-19)23-22(20)21(25)7-10-28-23/h3,5,7-8,10,12,15-16,18-19,27H,4,6,9,11,13-14H2,1-2H3,(H,29,31). The van der Waals surface area contributed by atoms with Crippen LogP contribution >= 0.6 is 11.6 Å². The van der Waals surface area contributed by atoms with E-state index in [0.29, 0.717) is 29.1 Å². The van der Waals surface area contributed by atoms with Gasteiger partial charge in [0.05, 0.1) is 16.0 Å². The second kappa shape index (κ2) is 9.79. The van der Waals surface area contributed by atoms with Crippen molar-refractivity contribution < 1.29 is 4.79 Å². The fraction of sp³-hybridized carbons (Fsp3) is 0.458. The van der Waals surface area contributed by atoms with Crippen molar-refractivity contribution in [3.05, 3.63) is 59.1 Å². The van der Waals surface area contributed by atoms with E-state index in [1.807, 2.05) is 18.5 Å². The Bertz CT molecular complexity index is 1030. The van der Waals surface area contributed by atoms with Crippen LogP contribution in [0.1, 0.15) is 54.9 Å². The number of nitrogens with one attached hydrogen (secondary N) is 2. The minimum Gasteiger partial charge on any atom is -0.351 e. The third kappa shape index (κ3) is 5.08. The quantitative estimate of drug-likeness (QED) is 0.545. The molecule has 3 aromatic rings. The highest BCUT2D eigenvalue weighted by atomic mass is 35.5. The van der Waals surface area contributed by atoms with E-state index in [1.54, 1.807) is 18.5 Å². The Hall–Kier alpha value is -2.44. The molecule has 164 valence electrons. The first-order valence-corrected chi connectivity index (χ1v) is 11.5. The Balaban J connectivity index is 1.56. The van der Waals surface area contributed by atoms with Crippen molar-refractivity contribution in [2.24, 2.45) is 5.92 Å². The third-order valence-corrected chi connectivity index (χ3v) is 6.27. The predicted molar refractivity (Wildman–Crippen MR) is 125 cm³/mol. The topological polar surface area (TPSA) is 71.8 Å². The van der Waals surface area contributed by atoms with E-state index in [1.165, 1.54) is 6.42 Å². The summed E-state index contributed by atoms with van der Waals surface area (Å²) in [7, 11) is 0. The molecular formula is C24H30ClN5O. The number of carbonyl (C=O) groups is 1. The lowest BCUT2D eigenvalue weighted by atomic mass is 9.91. The van der Waals surface area contributed by atoms with Gasteiger partial charge in [-0.1, -0.05) is 31.5 Å². The number of amides is 1. The van der Waals surface area contributed by atoms with Gasteiger partial charge in [-0.05, 0) is 49.4 Å². The van der Waals surface area contributed by atoms with Crippen molar-refractivity contribution in [3.8, 4) is 0 Å². The van der Waals surface area contributed by atoms with Crippen LogP contribution in [0.25, 0.3) is 11.0 Å². The summed E-state index contributed by atoms with van der Waals surface area (Å²) in [5.74, 6) is 0.611. The van der Waals surface area contributed by atoms with Crippen LogP contribution in [-0.4, -0.2) is 39.6 Å². The van der Waals surface area contributed by atoms with Gasteiger partial charge >= 0.3 is 0 Å². The Kier molecular flexibility index (Phi) is 6.88. The number of fused-ring (bicyclic) bond motifs is 1. The van der Waals surface area contributed by atoms with Crippen LogP contribution in [0.3, 0.4) is 0 Å². The highest BCUT2D eigenvalue weighted by Crippen LogP contribution is 2.28. The molecule has 2 unspecified atom stereocenters. The Labute approximate surface area is 188 Å². The molecule has 0 aromatic carbocycles. The first kappa shape index (κ1) is 21.8. The summed E-state index contributed by atoms with van der Waals surface area (Å²) in [6.07, 6.45) is 10.6. The Morgan fingerprint density at radius 2 is 2.23 bits per heavy atom. The molecule has 0 radical (unpaired) electrons. The summed E-state index contributed by atoms with van der Waals surface area (Å²) in [6, 6.07) is 6.16. The van der Waals surface area contributed by atoms with Crippen LogP contribution in [0.4, 0.5) is 0 Å². The molecule has 31 heavy (non-hydrogen) atoms. The first-order chi connectivity index (χ1) is 15.0. The van der Waals surface area contributed by atoms with Gasteiger partial charge < -0.3 is 15.2 Å². The van der Waals surface area contributed by atoms with Gasteiger partial charge in [0.1, 0.15) is 5.65 Å². The number of nitrogens with zero attached hydrogens (tertiary/aromatic N) is 3. The number of hydrogen-bond donors (Lipinski definition) is 2. The minimum atomic E-state index is -0.115. The maximum absolute atomic E-state index is 13.2. The number of rotatable bonds is 8. The maximum atomic E-state index is 13.2. The van der Waals surface area contributed by atoms with E-state index in [2.05, 4.69) is 45.1 Å². The maximum Gasteiger partial charge on any atom is 0.253 e. The van der Waals surface area contributed by atoms with E-state index in [4.69, 9.17) is 11.6 Å². The molecule has 7 heteroatoms. The zero-order valence-electron chi connectivity index (χ0n) is 18.1. The second-order valence-electron chi connectivity index (χ2n) is 8.80. The Morgan fingerprint density at radius 3 is 2.94 bits per heavy atom. The number of halogens is 1. The van der Waals surface area contributed by atoms with Gasteiger partial charge in [0, 0.05) is 49.8 Å².